The summed E-state index contributed by atoms with van der Waals surface area (Å²) in [4.78, 5) is 11.2. The molecule has 0 aromatic rings. The van der Waals surface area contributed by atoms with Crippen LogP contribution in [0.1, 0.15) is 47.0 Å². The summed E-state index contributed by atoms with van der Waals surface area (Å²) in [5.41, 5.74) is 5.91. The molecule has 2 nitrogen and oxygen atoms in total. The van der Waals surface area contributed by atoms with Gasteiger partial charge in [-0.25, -0.2) is 0 Å². The average molecular weight is 171 g/mol. The highest BCUT2D eigenvalue weighted by atomic mass is 16.1. The number of hydrogen-bond donors (Lipinski definition) is 1. The average Bonchev–Trinajstić information content (AvgIpc) is 1.85. The summed E-state index contributed by atoms with van der Waals surface area (Å²) >= 11 is 0. The van der Waals surface area contributed by atoms with Gasteiger partial charge in [0.1, 0.15) is 5.78 Å². The van der Waals surface area contributed by atoms with Crippen LogP contribution in [0, 0.1) is 5.41 Å². The predicted octanol–water partition coefficient (Wildman–Crippen LogP) is 2.12. The number of rotatable bonds is 4. The van der Waals surface area contributed by atoms with Crippen molar-refractivity contribution in [3.05, 3.63) is 0 Å². The fourth-order valence-corrected chi connectivity index (χ4v) is 0.932. The molecule has 1 unspecified atom stereocenters. The van der Waals surface area contributed by atoms with E-state index in [4.69, 9.17) is 5.73 Å². The summed E-state index contributed by atoms with van der Waals surface area (Å²) in [6.07, 6.45) is 2.12. The molecule has 12 heavy (non-hydrogen) atoms. The molecule has 0 amide bonds. The van der Waals surface area contributed by atoms with E-state index in [-0.39, 0.29) is 11.5 Å². The van der Waals surface area contributed by atoms with E-state index >= 15 is 0 Å². The lowest BCUT2D eigenvalue weighted by molar-refractivity contribution is -0.119. The molecule has 0 bridgehead atoms. The van der Waals surface area contributed by atoms with Crippen molar-refractivity contribution in [1.29, 1.82) is 0 Å². The van der Waals surface area contributed by atoms with Crippen molar-refractivity contribution in [1.82, 2.24) is 0 Å². The van der Waals surface area contributed by atoms with Gasteiger partial charge in [0.15, 0.2) is 0 Å². The topological polar surface area (TPSA) is 43.1 Å². The van der Waals surface area contributed by atoms with Crippen LogP contribution >= 0.6 is 0 Å². The highest BCUT2D eigenvalue weighted by Gasteiger charge is 2.22. The first-order valence-corrected chi connectivity index (χ1v) is 4.65. The highest BCUT2D eigenvalue weighted by Crippen LogP contribution is 2.20. The van der Waals surface area contributed by atoms with Gasteiger partial charge in [-0.3, -0.25) is 4.79 Å². The lowest BCUT2D eigenvalue weighted by atomic mass is 9.84. The molecular weight excluding hydrogens is 150 g/mol. The molecule has 0 rings (SSSR count). The molecular formula is C10H21NO. The lowest BCUT2D eigenvalue weighted by Crippen LogP contribution is -2.36. The van der Waals surface area contributed by atoms with Gasteiger partial charge in [-0.05, 0) is 11.8 Å². The summed E-state index contributed by atoms with van der Waals surface area (Å²) in [6, 6.07) is -0.00319. The maximum absolute atomic E-state index is 11.2. The molecule has 0 aromatic heterocycles. The van der Waals surface area contributed by atoms with Gasteiger partial charge in [0.2, 0.25) is 0 Å². The van der Waals surface area contributed by atoms with E-state index in [0.29, 0.717) is 18.6 Å². The molecule has 72 valence electrons. The van der Waals surface area contributed by atoms with E-state index in [1.54, 1.807) is 0 Å². The Hall–Kier alpha value is -0.370. The lowest BCUT2D eigenvalue weighted by Gasteiger charge is -2.26. The summed E-state index contributed by atoms with van der Waals surface area (Å²) in [5, 5.41) is 0. The number of carbonyl (C=O) groups is 1. The van der Waals surface area contributed by atoms with Gasteiger partial charge in [-0.2, -0.15) is 0 Å². The zero-order chi connectivity index (χ0) is 9.78. The van der Waals surface area contributed by atoms with Crippen LogP contribution in [0.3, 0.4) is 0 Å². The molecule has 0 saturated carbocycles. The number of nitrogens with two attached hydrogens (primary N) is 1. The molecule has 0 aliphatic carbocycles. The minimum Gasteiger partial charge on any atom is -0.327 e. The maximum atomic E-state index is 11.2. The third kappa shape index (κ3) is 4.50. The van der Waals surface area contributed by atoms with Crippen molar-refractivity contribution in [3.63, 3.8) is 0 Å². The second kappa shape index (κ2) is 4.61. The monoisotopic (exact) mass is 171 g/mol. The standard InChI is InChI=1S/C10H21NO/c1-5-6-8(12)7-9(11)10(2,3)4/h9H,5-7,11H2,1-4H3. The Balaban J connectivity index is 3.84. The summed E-state index contributed by atoms with van der Waals surface area (Å²) in [6.45, 7) is 8.21. The van der Waals surface area contributed by atoms with Crippen LogP contribution in [-0.4, -0.2) is 11.8 Å². The number of ketones is 1. The minimum atomic E-state index is -0.00319. The first-order chi connectivity index (χ1) is 5.38. The van der Waals surface area contributed by atoms with E-state index in [2.05, 4.69) is 20.8 Å². The quantitative estimate of drug-likeness (QED) is 0.704. The van der Waals surface area contributed by atoms with Crippen LogP contribution in [0.2, 0.25) is 0 Å². The Bertz CT molecular complexity index is 146. The van der Waals surface area contributed by atoms with Gasteiger partial charge in [-0.15, -0.1) is 0 Å². The van der Waals surface area contributed by atoms with E-state index < -0.39 is 0 Å². The van der Waals surface area contributed by atoms with Gasteiger partial charge in [0, 0.05) is 18.9 Å². The van der Waals surface area contributed by atoms with Crippen LogP contribution in [0.15, 0.2) is 0 Å². The minimum absolute atomic E-state index is 0.00319. The van der Waals surface area contributed by atoms with E-state index in [9.17, 15) is 4.79 Å². The Morgan fingerprint density at radius 1 is 1.42 bits per heavy atom. The molecule has 0 aliphatic rings. The van der Waals surface area contributed by atoms with Crippen LogP contribution in [0.5, 0.6) is 0 Å². The molecule has 2 N–H and O–H groups in total. The zero-order valence-corrected chi connectivity index (χ0v) is 8.68. The first kappa shape index (κ1) is 11.6. The van der Waals surface area contributed by atoms with Crippen molar-refractivity contribution < 1.29 is 4.79 Å². The van der Waals surface area contributed by atoms with Gasteiger partial charge in [0.25, 0.3) is 0 Å². The predicted molar refractivity (Wildman–Crippen MR) is 52.0 cm³/mol. The highest BCUT2D eigenvalue weighted by molar-refractivity contribution is 5.78. The van der Waals surface area contributed by atoms with Crippen LogP contribution < -0.4 is 5.73 Å². The Morgan fingerprint density at radius 3 is 2.25 bits per heavy atom. The molecule has 0 heterocycles. The molecule has 0 aliphatic heterocycles. The third-order valence-corrected chi connectivity index (χ3v) is 2.09. The maximum Gasteiger partial charge on any atom is 0.134 e. The molecule has 1 atom stereocenters. The van der Waals surface area contributed by atoms with Crippen molar-refractivity contribution in [2.45, 2.75) is 53.0 Å². The van der Waals surface area contributed by atoms with Gasteiger partial charge in [-0.1, -0.05) is 27.7 Å². The molecule has 0 saturated heterocycles. The van der Waals surface area contributed by atoms with Crippen LogP contribution in [0.25, 0.3) is 0 Å². The zero-order valence-electron chi connectivity index (χ0n) is 8.68. The fraction of sp³-hybridized carbons (Fsp3) is 0.900. The third-order valence-electron chi connectivity index (χ3n) is 2.09. The largest absolute Gasteiger partial charge is 0.327 e. The second-order valence-corrected chi connectivity index (χ2v) is 4.47. The fourth-order valence-electron chi connectivity index (χ4n) is 0.932. The molecule has 0 spiro atoms. The summed E-state index contributed by atoms with van der Waals surface area (Å²) in [7, 11) is 0. The number of Topliss-reactive ketones (excluding diaryl/α,β-unsaturated/α-hetero) is 1. The second-order valence-electron chi connectivity index (χ2n) is 4.47. The Kier molecular flexibility index (Phi) is 4.46. The van der Waals surface area contributed by atoms with Gasteiger partial charge in [0.05, 0.1) is 0 Å². The van der Waals surface area contributed by atoms with Crippen molar-refractivity contribution >= 4 is 5.78 Å². The SMILES string of the molecule is CCCC(=O)CC(N)C(C)(C)C. The number of carbonyl (C=O) groups excluding carboxylic acids is 1. The Morgan fingerprint density at radius 2 is 1.92 bits per heavy atom. The van der Waals surface area contributed by atoms with E-state index in [1.807, 2.05) is 6.92 Å². The molecule has 0 aromatic carbocycles. The normalized spacial score (nSPS) is 14.4. The van der Waals surface area contributed by atoms with Crippen LogP contribution in [-0.2, 0) is 4.79 Å². The first-order valence-electron chi connectivity index (χ1n) is 4.65. The molecule has 2 heteroatoms. The Labute approximate surface area is 75.5 Å². The summed E-state index contributed by atoms with van der Waals surface area (Å²) in [5.74, 6) is 0.292. The molecule has 0 fully saturated rings. The van der Waals surface area contributed by atoms with Crippen molar-refractivity contribution in [3.8, 4) is 0 Å². The van der Waals surface area contributed by atoms with Gasteiger partial charge < -0.3 is 5.73 Å². The smallest absolute Gasteiger partial charge is 0.134 e. The van der Waals surface area contributed by atoms with E-state index in [1.165, 1.54) is 0 Å². The summed E-state index contributed by atoms with van der Waals surface area (Å²) < 4.78 is 0. The number of hydrogen-bond acceptors (Lipinski definition) is 2. The van der Waals surface area contributed by atoms with Crippen molar-refractivity contribution in [2.75, 3.05) is 0 Å². The van der Waals surface area contributed by atoms with Crippen LogP contribution in [0.4, 0.5) is 0 Å². The van der Waals surface area contributed by atoms with Gasteiger partial charge >= 0.3 is 0 Å². The molecule has 0 radical (unpaired) electrons. The van der Waals surface area contributed by atoms with Crippen molar-refractivity contribution in [2.24, 2.45) is 11.1 Å². The van der Waals surface area contributed by atoms with E-state index in [0.717, 1.165) is 6.42 Å².